The molecule has 2 aromatic carbocycles. The van der Waals surface area contributed by atoms with Gasteiger partial charge in [-0.15, -0.1) is 0 Å². The number of hydrogen-bond donors (Lipinski definition) is 0. The van der Waals surface area contributed by atoms with Crippen LogP contribution in [0, 0.1) is 17.1 Å². The lowest BCUT2D eigenvalue weighted by Gasteiger charge is -2.04. The van der Waals surface area contributed by atoms with Crippen molar-refractivity contribution in [1.29, 1.82) is 5.26 Å². The van der Waals surface area contributed by atoms with Crippen LogP contribution in [0.5, 0.6) is 0 Å². The number of halogens is 2. The summed E-state index contributed by atoms with van der Waals surface area (Å²) in [4.78, 5) is 12.1. The molecule has 100 valence electrons. The zero-order valence-electron chi connectivity index (χ0n) is 10.6. The van der Waals surface area contributed by atoms with Crippen molar-refractivity contribution in [2.75, 3.05) is 0 Å². The zero-order chi connectivity index (χ0) is 14.5. The maximum absolute atomic E-state index is 13.2. The van der Waals surface area contributed by atoms with Crippen molar-refractivity contribution < 1.29 is 9.18 Å². The minimum absolute atomic E-state index is 0.137. The second-order valence-corrected chi connectivity index (χ2v) is 4.79. The number of ketones is 1. The Morgan fingerprint density at radius 1 is 1.25 bits per heavy atom. The van der Waals surface area contributed by atoms with E-state index >= 15 is 0 Å². The quantitative estimate of drug-likeness (QED) is 0.792. The number of rotatable bonds is 4. The molecule has 0 amide bonds. The lowest BCUT2D eigenvalue weighted by Crippen LogP contribution is -2.04. The van der Waals surface area contributed by atoms with E-state index in [9.17, 15) is 9.18 Å². The summed E-state index contributed by atoms with van der Waals surface area (Å²) < 4.78 is 13.2. The summed E-state index contributed by atoms with van der Waals surface area (Å²) in [5, 5.41) is 9.27. The average molecular weight is 288 g/mol. The highest BCUT2D eigenvalue weighted by atomic mass is 35.5. The fourth-order valence-electron chi connectivity index (χ4n) is 1.97. The van der Waals surface area contributed by atoms with Gasteiger partial charge in [0.15, 0.2) is 5.78 Å². The van der Waals surface area contributed by atoms with E-state index in [0.717, 1.165) is 0 Å². The molecular weight excluding hydrogens is 277 g/mol. The number of hydrogen-bond acceptors (Lipinski definition) is 2. The summed E-state index contributed by atoms with van der Waals surface area (Å²) in [6, 6.07) is 12.9. The van der Waals surface area contributed by atoms with Gasteiger partial charge in [-0.05, 0) is 36.2 Å². The molecule has 0 heterocycles. The van der Waals surface area contributed by atoms with Crippen molar-refractivity contribution >= 4 is 17.4 Å². The molecule has 20 heavy (non-hydrogen) atoms. The Kier molecular flexibility index (Phi) is 4.49. The topological polar surface area (TPSA) is 40.9 Å². The molecule has 0 fully saturated rings. The van der Waals surface area contributed by atoms with E-state index in [4.69, 9.17) is 16.9 Å². The fraction of sp³-hybridized carbons (Fsp3) is 0.125. The van der Waals surface area contributed by atoms with E-state index in [1.165, 1.54) is 12.1 Å². The largest absolute Gasteiger partial charge is 0.294 e. The van der Waals surface area contributed by atoms with Gasteiger partial charge in [0.05, 0.1) is 11.6 Å². The smallest absolute Gasteiger partial charge is 0.164 e. The van der Waals surface area contributed by atoms with E-state index in [-0.39, 0.29) is 12.2 Å². The highest BCUT2D eigenvalue weighted by Gasteiger charge is 2.11. The van der Waals surface area contributed by atoms with Crippen molar-refractivity contribution in [3.8, 4) is 6.07 Å². The average Bonchev–Trinajstić information content (AvgIpc) is 2.43. The molecule has 2 aromatic rings. The number of Topliss-reactive ketones (excluding diaryl/α,β-unsaturated/α-hetero) is 1. The first-order valence-corrected chi connectivity index (χ1v) is 6.45. The number of benzene rings is 2. The van der Waals surface area contributed by atoms with Crippen LogP contribution in [0.2, 0.25) is 5.02 Å². The first kappa shape index (κ1) is 14.2. The molecule has 0 aliphatic heterocycles. The number of carbonyl (C=O) groups excluding carboxylic acids is 1. The molecule has 2 rings (SSSR count). The highest BCUT2D eigenvalue weighted by Crippen LogP contribution is 2.17. The Balaban J connectivity index is 2.11. The molecule has 2 nitrogen and oxygen atoms in total. The molecule has 0 radical (unpaired) electrons. The first-order chi connectivity index (χ1) is 9.60. The standard InChI is InChI=1S/C16H11ClFNO/c17-13-7-11(8-14(18)9-13)5-6-16(20)15-4-2-1-3-12(15)10-19/h1-4,7-9H,5-6H2. The van der Waals surface area contributed by atoms with Crippen molar-refractivity contribution in [3.05, 3.63) is 70.0 Å². The Morgan fingerprint density at radius 3 is 2.70 bits per heavy atom. The molecule has 0 unspecified atom stereocenters. The lowest BCUT2D eigenvalue weighted by molar-refractivity contribution is 0.0982. The van der Waals surface area contributed by atoms with Gasteiger partial charge in [0.2, 0.25) is 0 Å². The molecule has 0 aliphatic rings. The third kappa shape index (κ3) is 3.43. The van der Waals surface area contributed by atoms with Gasteiger partial charge < -0.3 is 0 Å². The van der Waals surface area contributed by atoms with Crippen LogP contribution in [0.15, 0.2) is 42.5 Å². The number of carbonyl (C=O) groups is 1. The number of aryl methyl sites for hydroxylation is 1. The minimum atomic E-state index is -0.419. The first-order valence-electron chi connectivity index (χ1n) is 6.07. The Morgan fingerprint density at radius 2 is 2.00 bits per heavy atom. The van der Waals surface area contributed by atoms with Crippen LogP contribution in [0.3, 0.4) is 0 Å². The second kappa shape index (κ2) is 6.31. The van der Waals surface area contributed by atoms with Crippen LogP contribution in [-0.4, -0.2) is 5.78 Å². The summed E-state index contributed by atoms with van der Waals surface area (Å²) >= 11 is 5.76. The maximum atomic E-state index is 13.2. The third-order valence-electron chi connectivity index (χ3n) is 2.91. The van der Waals surface area contributed by atoms with Crippen LogP contribution >= 0.6 is 11.6 Å². The monoisotopic (exact) mass is 287 g/mol. The molecule has 0 bridgehead atoms. The second-order valence-electron chi connectivity index (χ2n) is 4.36. The Hall–Kier alpha value is -2.18. The third-order valence-corrected chi connectivity index (χ3v) is 3.13. The highest BCUT2D eigenvalue weighted by molar-refractivity contribution is 6.30. The minimum Gasteiger partial charge on any atom is -0.294 e. The Labute approximate surface area is 121 Å². The molecule has 0 aromatic heterocycles. The molecular formula is C16H11ClFNO. The molecule has 0 saturated heterocycles. The maximum Gasteiger partial charge on any atom is 0.164 e. The van der Waals surface area contributed by atoms with Crippen molar-refractivity contribution in [1.82, 2.24) is 0 Å². The van der Waals surface area contributed by atoms with Gasteiger partial charge in [0.1, 0.15) is 5.82 Å². The van der Waals surface area contributed by atoms with Gasteiger partial charge in [-0.2, -0.15) is 5.26 Å². The summed E-state index contributed by atoms with van der Waals surface area (Å²) in [5.74, 6) is -0.556. The number of nitriles is 1. The van der Waals surface area contributed by atoms with Crippen molar-refractivity contribution in [3.63, 3.8) is 0 Å². The molecule has 4 heteroatoms. The van der Waals surface area contributed by atoms with Gasteiger partial charge in [0.25, 0.3) is 0 Å². The van der Waals surface area contributed by atoms with E-state index in [1.807, 2.05) is 6.07 Å². The van der Waals surface area contributed by atoms with Gasteiger partial charge in [0, 0.05) is 17.0 Å². The van der Waals surface area contributed by atoms with Crippen molar-refractivity contribution in [2.24, 2.45) is 0 Å². The SMILES string of the molecule is N#Cc1ccccc1C(=O)CCc1cc(F)cc(Cl)c1. The normalized spacial score (nSPS) is 10.1. The van der Waals surface area contributed by atoms with Gasteiger partial charge >= 0.3 is 0 Å². The molecule has 0 atom stereocenters. The van der Waals surface area contributed by atoms with E-state index < -0.39 is 5.82 Å². The van der Waals surface area contributed by atoms with Crippen LogP contribution in [0.4, 0.5) is 4.39 Å². The van der Waals surface area contributed by atoms with E-state index in [1.54, 1.807) is 30.3 Å². The van der Waals surface area contributed by atoms with E-state index in [0.29, 0.717) is 28.1 Å². The van der Waals surface area contributed by atoms with Crippen LogP contribution in [0.25, 0.3) is 0 Å². The molecule has 0 N–H and O–H groups in total. The van der Waals surface area contributed by atoms with Gasteiger partial charge in [-0.25, -0.2) is 4.39 Å². The summed E-state index contributed by atoms with van der Waals surface area (Å²) in [7, 11) is 0. The van der Waals surface area contributed by atoms with Crippen LogP contribution < -0.4 is 0 Å². The van der Waals surface area contributed by atoms with Gasteiger partial charge in [-0.1, -0.05) is 29.8 Å². The van der Waals surface area contributed by atoms with Crippen LogP contribution in [-0.2, 0) is 6.42 Å². The molecule has 0 spiro atoms. The molecule has 0 saturated carbocycles. The zero-order valence-corrected chi connectivity index (χ0v) is 11.3. The summed E-state index contributed by atoms with van der Waals surface area (Å²) in [5.41, 5.74) is 1.42. The predicted molar refractivity (Wildman–Crippen MR) is 75.2 cm³/mol. The summed E-state index contributed by atoms with van der Waals surface area (Å²) in [6.07, 6.45) is 0.592. The predicted octanol–water partition coefficient (Wildman–Crippen LogP) is 4.17. The summed E-state index contributed by atoms with van der Waals surface area (Å²) in [6.45, 7) is 0. The molecule has 0 aliphatic carbocycles. The Bertz CT molecular complexity index is 671. The van der Waals surface area contributed by atoms with E-state index in [2.05, 4.69) is 0 Å². The fourth-order valence-corrected chi connectivity index (χ4v) is 2.22. The van der Waals surface area contributed by atoms with Crippen molar-refractivity contribution in [2.45, 2.75) is 12.8 Å². The van der Waals surface area contributed by atoms with Gasteiger partial charge in [-0.3, -0.25) is 4.79 Å². The lowest BCUT2D eigenvalue weighted by atomic mass is 9.99. The van der Waals surface area contributed by atoms with Crippen LogP contribution in [0.1, 0.15) is 27.9 Å². The number of nitrogens with zero attached hydrogens (tertiary/aromatic N) is 1.